The summed E-state index contributed by atoms with van der Waals surface area (Å²) in [5, 5.41) is 21.7. The van der Waals surface area contributed by atoms with Gasteiger partial charge < -0.3 is 5.11 Å². The van der Waals surface area contributed by atoms with Gasteiger partial charge in [-0.25, -0.2) is 0 Å². The van der Waals surface area contributed by atoms with Crippen LogP contribution in [-0.2, 0) is 10.3 Å². The lowest BCUT2D eigenvalue weighted by Gasteiger charge is -2.59. The number of hydrogen-bond donors (Lipinski definition) is 1. The highest BCUT2D eigenvalue weighted by Crippen LogP contribution is 2.63. The van der Waals surface area contributed by atoms with Crippen LogP contribution in [0.25, 0.3) is 0 Å². The first-order chi connectivity index (χ1) is 8.62. The Hall–Kier alpha value is -1.46. The summed E-state index contributed by atoms with van der Waals surface area (Å²) in [6.07, 6.45) is 7.05. The van der Waals surface area contributed by atoms with E-state index < -0.39 is 11.4 Å². The lowest BCUT2D eigenvalue weighted by atomic mass is 9.47. The third kappa shape index (κ3) is 1.18. The van der Waals surface area contributed by atoms with Gasteiger partial charge in [-0.15, -0.1) is 10.2 Å². The van der Waals surface area contributed by atoms with Crippen LogP contribution in [0, 0.1) is 17.3 Å². The van der Waals surface area contributed by atoms with E-state index in [2.05, 4.69) is 15.4 Å². The number of carboxylic acid groups (broad SMARTS) is 1. The topological polar surface area (TPSA) is 80.9 Å². The summed E-state index contributed by atoms with van der Waals surface area (Å²) in [5.41, 5.74) is -0.712. The Kier molecular flexibility index (Phi) is 1.80. The van der Waals surface area contributed by atoms with Crippen LogP contribution in [0.1, 0.15) is 38.5 Å². The standard InChI is InChI=1S/C12H16N4O2/c17-10(18)11-2-8-1-9(3-11)5-12(4-8,6-11)16-14-7-13-15-16/h7-9H,1-6H2,(H,17,18). The van der Waals surface area contributed by atoms with Gasteiger partial charge in [-0.05, 0) is 55.6 Å². The molecule has 6 heteroatoms. The third-order valence-electron chi connectivity index (χ3n) is 5.26. The molecule has 1 heterocycles. The molecular formula is C12H16N4O2. The van der Waals surface area contributed by atoms with Gasteiger partial charge in [0.1, 0.15) is 0 Å². The Morgan fingerprint density at radius 1 is 1.28 bits per heavy atom. The van der Waals surface area contributed by atoms with Gasteiger partial charge in [-0.2, -0.15) is 4.80 Å². The maximum atomic E-state index is 11.7. The van der Waals surface area contributed by atoms with Crippen LogP contribution in [-0.4, -0.2) is 31.3 Å². The molecule has 4 bridgehead atoms. The van der Waals surface area contributed by atoms with Crippen LogP contribution in [0.4, 0.5) is 0 Å². The molecule has 0 radical (unpaired) electrons. The second-order valence-corrected chi connectivity index (χ2v) is 6.50. The molecule has 4 aliphatic carbocycles. The van der Waals surface area contributed by atoms with Gasteiger partial charge in [-0.3, -0.25) is 4.79 Å². The normalized spacial score (nSPS) is 45.3. The minimum absolute atomic E-state index is 0.182. The predicted octanol–water partition coefficient (Wildman–Crippen LogP) is 1.05. The Balaban J connectivity index is 1.81. The van der Waals surface area contributed by atoms with Crippen molar-refractivity contribution in [3.05, 3.63) is 6.33 Å². The molecule has 0 amide bonds. The molecule has 96 valence electrons. The number of carbonyl (C=O) groups is 1. The van der Waals surface area contributed by atoms with Gasteiger partial charge in [0.2, 0.25) is 0 Å². The Bertz CT molecular complexity index is 484. The van der Waals surface area contributed by atoms with Crippen molar-refractivity contribution in [3.63, 3.8) is 0 Å². The number of aliphatic carboxylic acids is 1. The largest absolute Gasteiger partial charge is 0.481 e. The first kappa shape index (κ1) is 10.5. The lowest BCUT2D eigenvalue weighted by Crippen LogP contribution is -2.59. The number of hydrogen-bond acceptors (Lipinski definition) is 4. The monoisotopic (exact) mass is 248 g/mol. The van der Waals surface area contributed by atoms with Crippen LogP contribution in [0.2, 0.25) is 0 Å². The average Bonchev–Trinajstić information content (AvgIpc) is 2.80. The van der Waals surface area contributed by atoms with E-state index in [4.69, 9.17) is 0 Å². The first-order valence-electron chi connectivity index (χ1n) is 6.59. The molecule has 18 heavy (non-hydrogen) atoms. The zero-order valence-electron chi connectivity index (χ0n) is 10.1. The molecule has 1 aromatic heterocycles. The lowest BCUT2D eigenvalue weighted by molar-refractivity contribution is -0.174. The number of aromatic nitrogens is 4. The van der Waals surface area contributed by atoms with Crippen LogP contribution in [0.15, 0.2) is 6.33 Å². The molecule has 0 aliphatic heterocycles. The molecule has 5 rings (SSSR count). The number of tetrazole rings is 1. The van der Waals surface area contributed by atoms with Crippen molar-refractivity contribution in [2.75, 3.05) is 0 Å². The predicted molar refractivity (Wildman–Crippen MR) is 60.5 cm³/mol. The minimum Gasteiger partial charge on any atom is -0.481 e. The van der Waals surface area contributed by atoms with Gasteiger partial charge >= 0.3 is 5.97 Å². The van der Waals surface area contributed by atoms with Gasteiger partial charge in [0.15, 0.2) is 6.33 Å². The van der Waals surface area contributed by atoms with Gasteiger partial charge in [0.05, 0.1) is 11.0 Å². The van der Waals surface area contributed by atoms with Crippen molar-refractivity contribution in [1.29, 1.82) is 0 Å². The van der Waals surface area contributed by atoms with Crippen LogP contribution in [0.3, 0.4) is 0 Å². The van der Waals surface area contributed by atoms with Crippen molar-refractivity contribution >= 4 is 5.97 Å². The molecule has 1 N–H and O–H groups in total. The summed E-state index contributed by atoms with van der Waals surface area (Å²) in [6, 6.07) is 0. The fourth-order valence-corrected chi connectivity index (χ4v) is 5.08. The molecule has 0 spiro atoms. The maximum absolute atomic E-state index is 11.7. The summed E-state index contributed by atoms with van der Waals surface area (Å²) in [4.78, 5) is 13.4. The van der Waals surface area contributed by atoms with Crippen molar-refractivity contribution in [2.24, 2.45) is 17.3 Å². The molecule has 2 unspecified atom stereocenters. The van der Waals surface area contributed by atoms with E-state index in [-0.39, 0.29) is 5.54 Å². The minimum atomic E-state index is -0.624. The van der Waals surface area contributed by atoms with Crippen molar-refractivity contribution in [2.45, 2.75) is 44.1 Å². The highest BCUT2D eigenvalue weighted by Gasteiger charge is 2.62. The van der Waals surface area contributed by atoms with E-state index in [0.717, 1.165) is 25.7 Å². The Labute approximate surface area is 104 Å². The second-order valence-electron chi connectivity index (χ2n) is 6.50. The SMILES string of the molecule is O=C(O)C12CC3CC(C1)CC(n1ncnn1)(C3)C2. The number of carboxylic acids is 1. The fraction of sp³-hybridized carbons (Fsp3) is 0.833. The van der Waals surface area contributed by atoms with E-state index in [0.29, 0.717) is 18.3 Å². The number of nitrogens with zero attached hydrogens (tertiary/aromatic N) is 4. The molecule has 4 aliphatic rings. The summed E-state index contributed by atoms with van der Waals surface area (Å²) in [7, 11) is 0. The average molecular weight is 248 g/mol. The zero-order chi connectivity index (χ0) is 12.4. The summed E-state index contributed by atoms with van der Waals surface area (Å²) >= 11 is 0. The Morgan fingerprint density at radius 2 is 2.00 bits per heavy atom. The Morgan fingerprint density at radius 3 is 2.56 bits per heavy atom. The second kappa shape index (κ2) is 3.10. The highest BCUT2D eigenvalue weighted by molar-refractivity contribution is 5.75. The third-order valence-corrected chi connectivity index (χ3v) is 5.26. The summed E-state index contributed by atoms with van der Waals surface area (Å²) in [6.45, 7) is 0. The van der Waals surface area contributed by atoms with E-state index in [9.17, 15) is 9.90 Å². The van der Waals surface area contributed by atoms with Gasteiger partial charge in [-0.1, -0.05) is 0 Å². The van der Waals surface area contributed by atoms with Crippen LogP contribution >= 0.6 is 0 Å². The molecule has 4 saturated carbocycles. The van der Waals surface area contributed by atoms with Gasteiger partial charge in [0, 0.05) is 0 Å². The highest BCUT2D eigenvalue weighted by atomic mass is 16.4. The molecule has 4 fully saturated rings. The number of rotatable bonds is 2. The maximum Gasteiger partial charge on any atom is 0.309 e. The molecule has 2 atom stereocenters. The molecular weight excluding hydrogens is 232 g/mol. The molecule has 0 aromatic carbocycles. The zero-order valence-corrected chi connectivity index (χ0v) is 10.1. The summed E-state index contributed by atoms with van der Waals surface area (Å²) in [5.74, 6) is 0.419. The molecule has 6 nitrogen and oxygen atoms in total. The summed E-state index contributed by atoms with van der Waals surface area (Å²) < 4.78 is 0. The van der Waals surface area contributed by atoms with E-state index >= 15 is 0 Å². The smallest absolute Gasteiger partial charge is 0.309 e. The van der Waals surface area contributed by atoms with Crippen LogP contribution in [0.5, 0.6) is 0 Å². The van der Waals surface area contributed by atoms with Crippen molar-refractivity contribution in [1.82, 2.24) is 20.2 Å². The fourth-order valence-electron chi connectivity index (χ4n) is 5.08. The van der Waals surface area contributed by atoms with Crippen molar-refractivity contribution < 1.29 is 9.90 Å². The first-order valence-corrected chi connectivity index (χ1v) is 6.59. The van der Waals surface area contributed by atoms with Crippen LogP contribution < -0.4 is 0 Å². The van der Waals surface area contributed by atoms with E-state index in [1.165, 1.54) is 12.7 Å². The van der Waals surface area contributed by atoms with E-state index in [1.807, 2.05) is 0 Å². The van der Waals surface area contributed by atoms with Gasteiger partial charge in [0.25, 0.3) is 0 Å². The molecule has 0 saturated heterocycles. The quantitative estimate of drug-likeness (QED) is 0.846. The van der Waals surface area contributed by atoms with E-state index in [1.54, 1.807) is 4.80 Å². The van der Waals surface area contributed by atoms with Crippen molar-refractivity contribution in [3.8, 4) is 0 Å². The molecule has 1 aromatic rings.